The number of aliphatic hydroxyl groups excluding tert-OH is 1. The SMILES string of the molecule is CCCCC(CCC)N1C[C@H](N)CC[C@@H]1CO. The molecular weight excluding hydrogens is 212 g/mol. The fourth-order valence-electron chi connectivity index (χ4n) is 2.98. The summed E-state index contributed by atoms with van der Waals surface area (Å²) in [7, 11) is 0. The lowest BCUT2D eigenvalue weighted by atomic mass is 9.93. The predicted octanol–water partition coefficient (Wildman–Crippen LogP) is 2.13. The summed E-state index contributed by atoms with van der Waals surface area (Å²) in [4.78, 5) is 2.49. The van der Waals surface area contributed by atoms with E-state index in [1.54, 1.807) is 0 Å². The van der Waals surface area contributed by atoms with E-state index in [0.29, 0.717) is 24.7 Å². The molecule has 3 heteroatoms. The van der Waals surface area contributed by atoms with Crippen molar-refractivity contribution in [1.82, 2.24) is 4.90 Å². The van der Waals surface area contributed by atoms with Crippen LogP contribution >= 0.6 is 0 Å². The number of hydrogen-bond donors (Lipinski definition) is 2. The molecule has 0 bridgehead atoms. The molecule has 1 rings (SSSR count). The van der Waals surface area contributed by atoms with Crippen LogP contribution in [0.3, 0.4) is 0 Å². The molecule has 3 N–H and O–H groups in total. The first-order valence-electron chi connectivity index (χ1n) is 7.35. The van der Waals surface area contributed by atoms with Crippen LogP contribution in [0.15, 0.2) is 0 Å². The van der Waals surface area contributed by atoms with Gasteiger partial charge in [0.05, 0.1) is 6.61 Å². The summed E-state index contributed by atoms with van der Waals surface area (Å²) >= 11 is 0. The van der Waals surface area contributed by atoms with E-state index < -0.39 is 0 Å². The highest BCUT2D eigenvalue weighted by Gasteiger charge is 2.30. The quantitative estimate of drug-likeness (QED) is 0.719. The van der Waals surface area contributed by atoms with Crippen LogP contribution in [0.25, 0.3) is 0 Å². The standard InChI is InChI=1S/C14H30N2O/c1-3-5-7-13(6-4-2)16-10-12(15)8-9-14(16)11-17/h12-14,17H,3-11,15H2,1-2H3/t12-,13?,14-/m1/s1. The maximum Gasteiger partial charge on any atom is 0.0587 e. The van der Waals surface area contributed by atoms with Crippen LogP contribution in [0.2, 0.25) is 0 Å². The lowest BCUT2D eigenvalue weighted by Crippen LogP contribution is -2.54. The minimum atomic E-state index is 0.291. The normalized spacial score (nSPS) is 28.2. The Morgan fingerprint density at radius 3 is 2.59 bits per heavy atom. The molecule has 1 fully saturated rings. The van der Waals surface area contributed by atoms with Gasteiger partial charge in [0.15, 0.2) is 0 Å². The van der Waals surface area contributed by atoms with Crippen molar-refractivity contribution in [3.8, 4) is 0 Å². The maximum absolute atomic E-state index is 9.51. The Kier molecular flexibility index (Phi) is 7.09. The maximum atomic E-state index is 9.51. The highest BCUT2D eigenvalue weighted by atomic mass is 16.3. The summed E-state index contributed by atoms with van der Waals surface area (Å²) in [6.45, 7) is 5.75. The van der Waals surface area contributed by atoms with Gasteiger partial charge in [0, 0.05) is 24.7 Å². The minimum absolute atomic E-state index is 0.291. The molecule has 0 amide bonds. The smallest absolute Gasteiger partial charge is 0.0587 e. The fraction of sp³-hybridized carbons (Fsp3) is 1.00. The van der Waals surface area contributed by atoms with E-state index in [1.807, 2.05) is 0 Å². The number of nitrogens with zero attached hydrogens (tertiary/aromatic N) is 1. The van der Waals surface area contributed by atoms with Crippen LogP contribution < -0.4 is 5.73 Å². The molecule has 1 unspecified atom stereocenters. The van der Waals surface area contributed by atoms with Crippen molar-refractivity contribution in [3.63, 3.8) is 0 Å². The van der Waals surface area contributed by atoms with Crippen molar-refractivity contribution in [2.75, 3.05) is 13.2 Å². The van der Waals surface area contributed by atoms with Gasteiger partial charge in [-0.25, -0.2) is 0 Å². The Morgan fingerprint density at radius 2 is 2.00 bits per heavy atom. The number of likely N-dealkylation sites (tertiary alicyclic amines) is 1. The number of rotatable bonds is 7. The van der Waals surface area contributed by atoms with Crippen molar-refractivity contribution < 1.29 is 5.11 Å². The molecule has 1 heterocycles. The topological polar surface area (TPSA) is 49.5 Å². The van der Waals surface area contributed by atoms with Gasteiger partial charge in [-0.1, -0.05) is 33.1 Å². The first kappa shape index (κ1) is 14.9. The van der Waals surface area contributed by atoms with Crippen molar-refractivity contribution in [2.45, 2.75) is 76.9 Å². The van der Waals surface area contributed by atoms with Gasteiger partial charge < -0.3 is 10.8 Å². The second-order valence-electron chi connectivity index (χ2n) is 5.46. The lowest BCUT2D eigenvalue weighted by molar-refractivity contribution is 0.0374. The molecule has 0 spiro atoms. The van der Waals surface area contributed by atoms with E-state index in [0.717, 1.165) is 19.4 Å². The van der Waals surface area contributed by atoms with Crippen LogP contribution in [-0.2, 0) is 0 Å². The van der Waals surface area contributed by atoms with E-state index in [2.05, 4.69) is 18.7 Å². The molecule has 0 aromatic carbocycles. The molecule has 3 atom stereocenters. The zero-order valence-electron chi connectivity index (χ0n) is 11.6. The zero-order chi connectivity index (χ0) is 12.7. The van der Waals surface area contributed by atoms with Gasteiger partial charge in [-0.2, -0.15) is 0 Å². The number of piperidine rings is 1. The summed E-state index contributed by atoms with van der Waals surface area (Å²) in [5.41, 5.74) is 6.08. The molecule has 0 saturated carbocycles. The summed E-state index contributed by atoms with van der Waals surface area (Å²) in [6, 6.07) is 1.28. The largest absolute Gasteiger partial charge is 0.395 e. The van der Waals surface area contributed by atoms with E-state index in [4.69, 9.17) is 5.73 Å². The Morgan fingerprint density at radius 1 is 1.24 bits per heavy atom. The molecule has 102 valence electrons. The van der Waals surface area contributed by atoms with E-state index in [9.17, 15) is 5.11 Å². The number of hydrogen-bond acceptors (Lipinski definition) is 3. The van der Waals surface area contributed by atoms with Crippen molar-refractivity contribution >= 4 is 0 Å². The van der Waals surface area contributed by atoms with Gasteiger partial charge in [0.1, 0.15) is 0 Å². The summed E-state index contributed by atoms with van der Waals surface area (Å²) in [5, 5.41) is 9.51. The van der Waals surface area contributed by atoms with E-state index in [1.165, 1.54) is 32.1 Å². The van der Waals surface area contributed by atoms with Gasteiger partial charge in [-0.15, -0.1) is 0 Å². The molecular formula is C14H30N2O. The first-order chi connectivity index (χ1) is 8.22. The van der Waals surface area contributed by atoms with E-state index >= 15 is 0 Å². The predicted molar refractivity (Wildman–Crippen MR) is 73.0 cm³/mol. The molecule has 3 nitrogen and oxygen atoms in total. The van der Waals surface area contributed by atoms with Crippen LogP contribution in [0.5, 0.6) is 0 Å². The second kappa shape index (κ2) is 8.06. The third-order valence-corrected chi connectivity index (χ3v) is 3.98. The van der Waals surface area contributed by atoms with Gasteiger partial charge >= 0.3 is 0 Å². The van der Waals surface area contributed by atoms with Crippen LogP contribution in [0.4, 0.5) is 0 Å². The third-order valence-electron chi connectivity index (χ3n) is 3.98. The number of aliphatic hydroxyl groups is 1. The zero-order valence-corrected chi connectivity index (χ0v) is 11.6. The number of nitrogens with two attached hydrogens (primary N) is 1. The third kappa shape index (κ3) is 4.57. The summed E-state index contributed by atoms with van der Waals surface area (Å²) in [5.74, 6) is 0. The average molecular weight is 242 g/mol. The molecule has 1 aliphatic rings. The molecule has 0 aromatic heterocycles. The Labute approximate surface area is 106 Å². The van der Waals surface area contributed by atoms with Crippen LogP contribution in [0, 0.1) is 0 Å². The van der Waals surface area contributed by atoms with Gasteiger partial charge in [0.25, 0.3) is 0 Å². The highest BCUT2D eigenvalue weighted by Crippen LogP contribution is 2.24. The van der Waals surface area contributed by atoms with Gasteiger partial charge in [0.2, 0.25) is 0 Å². The average Bonchev–Trinajstić information content (AvgIpc) is 2.34. The monoisotopic (exact) mass is 242 g/mol. The molecule has 0 aliphatic carbocycles. The summed E-state index contributed by atoms with van der Waals surface area (Å²) in [6.07, 6.45) is 8.38. The Hall–Kier alpha value is -0.120. The van der Waals surface area contributed by atoms with Crippen molar-refractivity contribution in [3.05, 3.63) is 0 Å². The number of unbranched alkanes of at least 4 members (excludes halogenated alkanes) is 1. The van der Waals surface area contributed by atoms with Crippen molar-refractivity contribution in [2.24, 2.45) is 5.73 Å². The summed E-state index contributed by atoms with van der Waals surface area (Å²) < 4.78 is 0. The highest BCUT2D eigenvalue weighted by molar-refractivity contribution is 4.87. The van der Waals surface area contributed by atoms with Crippen molar-refractivity contribution in [1.29, 1.82) is 0 Å². The molecule has 0 aromatic rings. The van der Waals surface area contributed by atoms with Crippen LogP contribution in [-0.4, -0.2) is 41.3 Å². The Balaban J connectivity index is 2.59. The lowest BCUT2D eigenvalue weighted by Gasteiger charge is -2.43. The molecule has 0 radical (unpaired) electrons. The van der Waals surface area contributed by atoms with Gasteiger partial charge in [-0.3, -0.25) is 4.90 Å². The fourth-order valence-corrected chi connectivity index (χ4v) is 2.98. The first-order valence-corrected chi connectivity index (χ1v) is 7.35. The van der Waals surface area contributed by atoms with Gasteiger partial charge in [-0.05, 0) is 25.7 Å². The molecule has 17 heavy (non-hydrogen) atoms. The van der Waals surface area contributed by atoms with E-state index in [-0.39, 0.29) is 0 Å². The minimum Gasteiger partial charge on any atom is -0.395 e. The molecule has 1 aliphatic heterocycles. The second-order valence-corrected chi connectivity index (χ2v) is 5.46. The Bertz CT molecular complexity index is 199. The molecule has 1 saturated heterocycles. The van der Waals surface area contributed by atoms with Crippen LogP contribution in [0.1, 0.15) is 58.8 Å².